The highest BCUT2D eigenvalue weighted by molar-refractivity contribution is 8.00. The summed E-state index contributed by atoms with van der Waals surface area (Å²) in [5, 5.41) is -0.718. The average molecular weight is 359 g/mol. The highest BCUT2D eigenvalue weighted by atomic mass is 35.5. The van der Waals surface area contributed by atoms with Crippen molar-refractivity contribution in [2.75, 3.05) is 6.26 Å². The molecule has 0 aliphatic carbocycles. The van der Waals surface area contributed by atoms with Crippen LogP contribution in [-0.2, 0) is 9.84 Å². The average Bonchev–Trinajstić information content (AvgIpc) is 2.36. The topological polar surface area (TPSA) is 51.2 Å². The first kappa shape index (κ1) is 17.0. The second-order valence-corrected chi connectivity index (χ2v) is 8.16. The summed E-state index contributed by atoms with van der Waals surface area (Å²) in [5.41, 5.74) is 0.706. The second kappa shape index (κ2) is 6.40. The molecule has 0 spiro atoms. The Balaban J connectivity index is 2.59. The fourth-order valence-corrected chi connectivity index (χ4v) is 4.41. The summed E-state index contributed by atoms with van der Waals surface area (Å²) in [5.74, 6) is -0.407. The minimum Gasteiger partial charge on any atom is -0.276 e. The van der Waals surface area contributed by atoms with Crippen LogP contribution < -0.4 is 0 Å². The van der Waals surface area contributed by atoms with Gasteiger partial charge in [-0.05, 0) is 54.4 Å². The van der Waals surface area contributed by atoms with Crippen LogP contribution in [0.4, 0.5) is 4.39 Å². The van der Waals surface area contributed by atoms with Crippen molar-refractivity contribution in [2.24, 2.45) is 0 Å². The van der Waals surface area contributed by atoms with Crippen molar-refractivity contribution in [3.63, 3.8) is 0 Å². The molecule has 0 saturated heterocycles. The van der Waals surface area contributed by atoms with Gasteiger partial charge in [-0.25, -0.2) is 12.8 Å². The summed E-state index contributed by atoms with van der Waals surface area (Å²) >= 11 is 6.59. The number of carbonyl (C=O) groups is 1. The molecule has 2 aromatic rings. The molecule has 0 aliphatic heterocycles. The molecule has 116 valence electrons. The predicted molar refractivity (Wildman–Crippen MR) is 85.0 cm³/mol. The van der Waals surface area contributed by atoms with Crippen LogP contribution in [0.15, 0.2) is 51.1 Å². The van der Waals surface area contributed by atoms with Crippen molar-refractivity contribution in [1.29, 1.82) is 0 Å². The number of aryl methyl sites for hydroxylation is 1. The molecule has 7 heteroatoms. The van der Waals surface area contributed by atoms with Gasteiger partial charge in [-0.3, -0.25) is 4.79 Å². The highest BCUT2D eigenvalue weighted by Crippen LogP contribution is 2.35. The monoisotopic (exact) mass is 358 g/mol. The van der Waals surface area contributed by atoms with Crippen LogP contribution in [0.25, 0.3) is 0 Å². The third kappa shape index (κ3) is 3.88. The number of hydrogen-bond donors (Lipinski definition) is 0. The minimum atomic E-state index is -3.56. The van der Waals surface area contributed by atoms with Crippen molar-refractivity contribution < 1.29 is 17.6 Å². The lowest BCUT2D eigenvalue weighted by Crippen LogP contribution is -2.04. The number of halogens is 2. The van der Waals surface area contributed by atoms with Crippen molar-refractivity contribution in [3.8, 4) is 0 Å². The molecule has 0 unspecified atom stereocenters. The maximum absolute atomic E-state index is 13.3. The molecule has 0 N–H and O–H groups in total. The Hall–Kier alpha value is -1.37. The van der Waals surface area contributed by atoms with E-state index in [1.807, 2.05) is 0 Å². The van der Waals surface area contributed by atoms with Crippen LogP contribution in [0, 0.1) is 12.7 Å². The SMILES string of the molecule is Cc1cc(Sc2cccc(F)c2)c(S(C)(=O)=O)cc1C(=O)Cl. The van der Waals surface area contributed by atoms with Gasteiger partial charge < -0.3 is 0 Å². The summed E-state index contributed by atoms with van der Waals surface area (Å²) in [6.07, 6.45) is 1.05. The van der Waals surface area contributed by atoms with E-state index >= 15 is 0 Å². The number of rotatable bonds is 4. The lowest BCUT2D eigenvalue weighted by Gasteiger charge is -2.11. The molecule has 3 nitrogen and oxygen atoms in total. The van der Waals surface area contributed by atoms with Gasteiger partial charge in [-0.15, -0.1) is 0 Å². The molecule has 0 saturated carbocycles. The van der Waals surface area contributed by atoms with Crippen molar-refractivity contribution in [2.45, 2.75) is 21.6 Å². The molecule has 22 heavy (non-hydrogen) atoms. The molecule has 0 fully saturated rings. The summed E-state index contributed by atoms with van der Waals surface area (Å²) in [7, 11) is -3.56. The molecule has 0 radical (unpaired) electrons. The van der Waals surface area contributed by atoms with Gasteiger partial charge in [0.25, 0.3) is 5.24 Å². The van der Waals surface area contributed by atoms with E-state index in [0.717, 1.165) is 18.0 Å². The Morgan fingerprint density at radius 2 is 1.91 bits per heavy atom. The summed E-state index contributed by atoms with van der Waals surface area (Å²) < 4.78 is 37.2. The number of benzene rings is 2. The van der Waals surface area contributed by atoms with Gasteiger partial charge in [0, 0.05) is 21.6 Å². The van der Waals surface area contributed by atoms with E-state index in [-0.39, 0.29) is 10.5 Å². The van der Waals surface area contributed by atoms with Gasteiger partial charge in [-0.2, -0.15) is 0 Å². The van der Waals surface area contributed by atoms with Crippen LogP contribution in [0.3, 0.4) is 0 Å². The Labute approximate surface area is 137 Å². The summed E-state index contributed by atoms with van der Waals surface area (Å²) in [6, 6.07) is 8.68. The minimum absolute atomic E-state index is 0.00337. The van der Waals surface area contributed by atoms with Crippen molar-refractivity contribution in [1.82, 2.24) is 0 Å². The summed E-state index contributed by atoms with van der Waals surface area (Å²) in [6.45, 7) is 1.66. The quantitative estimate of drug-likeness (QED) is 0.773. The van der Waals surface area contributed by atoms with Crippen LogP contribution >= 0.6 is 23.4 Å². The van der Waals surface area contributed by atoms with Crippen LogP contribution in [0.5, 0.6) is 0 Å². The van der Waals surface area contributed by atoms with E-state index in [2.05, 4.69) is 0 Å². The van der Waals surface area contributed by atoms with Gasteiger partial charge in [-0.1, -0.05) is 17.8 Å². The third-order valence-electron chi connectivity index (χ3n) is 2.93. The van der Waals surface area contributed by atoms with Gasteiger partial charge >= 0.3 is 0 Å². The van der Waals surface area contributed by atoms with E-state index in [4.69, 9.17) is 11.6 Å². The fourth-order valence-electron chi connectivity index (χ4n) is 1.90. The maximum Gasteiger partial charge on any atom is 0.252 e. The van der Waals surface area contributed by atoms with E-state index in [0.29, 0.717) is 15.4 Å². The van der Waals surface area contributed by atoms with Crippen LogP contribution in [0.1, 0.15) is 15.9 Å². The molecule has 0 aromatic heterocycles. The van der Waals surface area contributed by atoms with Gasteiger partial charge in [0.15, 0.2) is 9.84 Å². The molecular formula is C15H12ClFO3S2. The highest BCUT2D eigenvalue weighted by Gasteiger charge is 2.19. The Bertz CT molecular complexity index is 848. The van der Waals surface area contributed by atoms with Gasteiger partial charge in [0.1, 0.15) is 5.82 Å². The standard InChI is InChI=1S/C15H12ClFO3S2/c1-9-6-13(21-11-5-3-4-10(17)7-11)14(22(2,19)20)8-12(9)15(16)18/h3-8H,1-2H3. The van der Waals surface area contributed by atoms with Crippen LogP contribution in [-0.4, -0.2) is 19.9 Å². The molecule has 2 aromatic carbocycles. The maximum atomic E-state index is 13.3. The van der Waals surface area contributed by atoms with Crippen molar-refractivity contribution >= 4 is 38.4 Å². The van der Waals surface area contributed by atoms with Gasteiger partial charge in [0.05, 0.1) is 4.90 Å². The van der Waals surface area contributed by atoms with Crippen molar-refractivity contribution in [3.05, 3.63) is 53.3 Å². The van der Waals surface area contributed by atoms with E-state index in [1.54, 1.807) is 25.1 Å². The Morgan fingerprint density at radius 3 is 2.45 bits per heavy atom. The summed E-state index contributed by atoms with van der Waals surface area (Å²) in [4.78, 5) is 12.4. The molecule has 0 heterocycles. The smallest absolute Gasteiger partial charge is 0.252 e. The number of hydrogen-bond acceptors (Lipinski definition) is 4. The molecule has 0 amide bonds. The zero-order chi connectivity index (χ0) is 16.5. The number of carbonyl (C=O) groups excluding carboxylic acids is 1. The first-order valence-electron chi connectivity index (χ1n) is 6.16. The Morgan fingerprint density at radius 1 is 1.23 bits per heavy atom. The lowest BCUT2D eigenvalue weighted by molar-refractivity contribution is 0.108. The van der Waals surface area contributed by atoms with Gasteiger partial charge in [0.2, 0.25) is 0 Å². The first-order valence-corrected chi connectivity index (χ1v) is 9.25. The molecule has 0 bridgehead atoms. The Kier molecular flexibility index (Phi) is 4.94. The lowest BCUT2D eigenvalue weighted by atomic mass is 10.1. The number of sulfone groups is 1. The van der Waals surface area contributed by atoms with E-state index in [1.165, 1.54) is 18.2 Å². The first-order chi connectivity index (χ1) is 10.2. The molecule has 2 rings (SSSR count). The molecule has 0 atom stereocenters. The zero-order valence-corrected chi connectivity index (χ0v) is 14.2. The zero-order valence-electron chi connectivity index (χ0n) is 11.8. The van der Waals surface area contributed by atoms with E-state index < -0.39 is 20.9 Å². The predicted octanol–water partition coefficient (Wildman–Crippen LogP) is 4.07. The molecule has 0 aliphatic rings. The fraction of sp³-hybridized carbons (Fsp3) is 0.133. The van der Waals surface area contributed by atoms with Crippen LogP contribution in [0.2, 0.25) is 0 Å². The third-order valence-corrected chi connectivity index (χ3v) is 5.44. The molecular weight excluding hydrogens is 347 g/mol. The largest absolute Gasteiger partial charge is 0.276 e. The second-order valence-electron chi connectivity index (χ2n) is 4.72. The van der Waals surface area contributed by atoms with E-state index in [9.17, 15) is 17.6 Å². The normalized spacial score (nSPS) is 11.5.